The number of halogens is 1. The van der Waals surface area contributed by atoms with E-state index in [0.29, 0.717) is 23.8 Å². The number of nitrogens with two attached hydrogens (primary N) is 1. The van der Waals surface area contributed by atoms with E-state index >= 15 is 0 Å². The summed E-state index contributed by atoms with van der Waals surface area (Å²) in [5, 5.41) is 3.96. The molecule has 0 spiro atoms. The quantitative estimate of drug-likeness (QED) is 0.746. The van der Waals surface area contributed by atoms with Crippen molar-refractivity contribution in [1.29, 1.82) is 0 Å². The molecule has 2 heterocycles. The molecular formula is C14H11BrN4O. The molecule has 6 heteroatoms. The topological polar surface area (TPSA) is 77.8 Å². The zero-order chi connectivity index (χ0) is 13.9. The summed E-state index contributed by atoms with van der Waals surface area (Å²) in [4.78, 5) is 8.59. The number of benzene rings is 1. The summed E-state index contributed by atoms with van der Waals surface area (Å²) >= 11 is 3.40. The fourth-order valence-electron chi connectivity index (χ4n) is 1.81. The van der Waals surface area contributed by atoms with E-state index in [9.17, 15) is 0 Å². The van der Waals surface area contributed by atoms with Crippen molar-refractivity contribution in [2.75, 3.05) is 5.73 Å². The van der Waals surface area contributed by atoms with Crippen molar-refractivity contribution in [3.05, 3.63) is 58.6 Å². The number of nitrogens with zero attached hydrogens (tertiary/aromatic N) is 3. The SMILES string of the molecule is Nc1ccc(Br)cc1-c1nc(Cc2ccccn2)no1. The lowest BCUT2D eigenvalue weighted by Gasteiger charge is -2.00. The molecule has 0 atom stereocenters. The van der Waals surface area contributed by atoms with Gasteiger partial charge in [-0.1, -0.05) is 27.2 Å². The van der Waals surface area contributed by atoms with Crippen LogP contribution < -0.4 is 5.73 Å². The maximum absolute atomic E-state index is 5.92. The van der Waals surface area contributed by atoms with E-state index in [0.717, 1.165) is 15.7 Å². The molecule has 100 valence electrons. The largest absolute Gasteiger partial charge is 0.398 e. The first-order chi connectivity index (χ1) is 9.72. The summed E-state index contributed by atoms with van der Waals surface area (Å²) in [6, 6.07) is 11.2. The zero-order valence-corrected chi connectivity index (χ0v) is 12.0. The Bertz CT molecular complexity index is 727. The Labute approximate surface area is 124 Å². The first kappa shape index (κ1) is 12.8. The van der Waals surface area contributed by atoms with Crippen molar-refractivity contribution in [3.8, 4) is 11.5 Å². The van der Waals surface area contributed by atoms with Gasteiger partial charge in [-0.2, -0.15) is 4.98 Å². The Morgan fingerprint density at radius 3 is 2.90 bits per heavy atom. The van der Waals surface area contributed by atoms with Crippen LogP contribution in [0.15, 0.2) is 51.6 Å². The van der Waals surface area contributed by atoms with Gasteiger partial charge in [0.05, 0.1) is 12.0 Å². The third-order valence-electron chi connectivity index (χ3n) is 2.78. The lowest BCUT2D eigenvalue weighted by Crippen LogP contribution is -1.94. The first-order valence-electron chi connectivity index (χ1n) is 6.00. The Hall–Kier alpha value is -2.21. The lowest BCUT2D eigenvalue weighted by atomic mass is 10.2. The van der Waals surface area contributed by atoms with Gasteiger partial charge in [-0.05, 0) is 30.3 Å². The van der Waals surface area contributed by atoms with Crippen LogP contribution in [0.25, 0.3) is 11.5 Å². The fraction of sp³-hybridized carbons (Fsp3) is 0.0714. The Morgan fingerprint density at radius 1 is 1.20 bits per heavy atom. The van der Waals surface area contributed by atoms with Crippen LogP contribution in [0, 0.1) is 0 Å². The fourth-order valence-corrected chi connectivity index (χ4v) is 2.17. The highest BCUT2D eigenvalue weighted by atomic mass is 79.9. The summed E-state index contributed by atoms with van der Waals surface area (Å²) in [6.07, 6.45) is 2.26. The van der Waals surface area contributed by atoms with Crippen LogP contribution in [-0.4, -0.2) is 15.1 Å². The summed E-state index contributed by atoms with van der Waals surface area (Å²) in [5.41, 5.74) is 8.13. The van der Waals surface area contributed by atoms with Crippen molar-refractivity contribution in [3.63, 3.8) is 0 Å². The molecule has 5 nitrogen and oxygen atoms in total. The van der Waals surface area contributed by atoms with Gasteiger partial charge in [-0.15, -0.1) is 0 Å². The molecule has 2 N–H and O–H groups in total. The monoisotopic (exact) mass is 330 g/mol. The van der Waals surface area contributed by atoms with Gasteiger partial charge in [0, 0.05) is 22.1 Å². The van der Waals surface area contributed by atoms with Crippen LogP contribution in [0.4, 0.5) is 5.69 Å². The number of nitrogen functional groups attached to an aromatic ring is 1. The molecular weight excluding hydrogens is 320 g/mol. The van der Waals surface area contributed by atoms with Crippen molar-refractivity contribution in [2.24, 2.45) is 0 Å². The molecule has 0 bridgehead atoms. The van der Waals surface area contributed by atoms with Gasteiger partial charge in [0.2, 0.25) is 0 Å². The summed E-state index contributed by atoms with van der Waals surface area (Å²) in [6.45, 7) is 0. The number of hydrogen-bond donors (Lipinski definition) is 1. The van der Waals surface area contributed by atoms with Crippen molar-refractivity contribution < 1.29 is 4.52 Å². The van der Waals surface area contributed by atoms with Crippen LogP contribution in [0.2, 0.25) is 0 Å². The van der Waals surface area contributed by atoms with Gasteiger partial charge in [0.25, 0.3) is 5.89 Å². The maximum atomic E-state index is 5.92. The van der Waals surface area contributed by atoms with E-state index < -0.39 is 0 Å². The minimum atomic E-state index is 0.412. The van der Waals surface area contributed by atoms with Gasteiger partial charge < -0.3 is 10.3 Å². The predicted octanol–water partition coefficient (Wildman–Crippen LogP) is 3.07. The van der Waals surface area contributed by atoms with Crippen molar-refractivity contribution in [1.82, 2.24) is 15.1 Å². The maximum Gasteiger partial charge on any atom is 0.260 e. The number of hydrogen-bond acceptors (Lipinski definition) is 5. The number of rotatable bonds is 3. The second-order valence-electron chi connectivity index (χ2n) is 4.25. The van der Waals surface area contributed by atoms with Gasteiger partial charge >= 0.3 is 0 Å². The van der Waals surface area contributed by atoms with Crippen molar-refractivity contribution >= 4 is 21.6 Å². The molecule has 0 aliphatic heterocycles. The molecule has 0 aliphatic carbocycles. The van der Waals surface area contributed by atoms with Crippen LogP contribution in [0.1, 0.15) is 11.5 Å². The van der Waals surface area contributed by atoms with E-state index in [1.807, 2.05) is 30.3 Å². The average Bonchev–Trinajstić information content (AvgIpc) is 2.91. The van der Waals surface area contributed by atoms with Gasteiger partial charge in [-0.25, -0.2) is 0 Å². The van der Waals surface area contributed by atoms with Crippen LogP contribution in [-0.2, 0) is 6.42 Å². The molecule has 3 rings (SSSR count). The minimum Gasteiger partial charge on any atom is -0.398 e. The van der Waals surface area contributed by atoms with Gasteiger partial charge in [0.1, 0.15) is 0 Å². The van der Waals surface area contributed by atoms with Crippen LogP contribution >= 0.6 is 15.9 Å². The molecule has 0 amide bonds. The third kappa shape index (κ3) is 2.70. The highest BCUT2D eigenvalue weighted by Crippen LogP contribution is 2.27. The van der Waals surface area contributed by atoms with Gasteiger partial charge in [-0.3, -0.25) is 4.98 Å². The highest BCUT2D eigenvalue weighted by molar-refractivity contribution is 9.10. The first-order valence-corrected chi connectivity index (χ1v) is 6.79. The Balaban J connectivity index is 1.88. The molecule has 0 unspecified atom stereocenters. The lowest BCUT2D eigenvalue weighted by molar-refractivity contribution is 0.424. The normalized spacial score (nSPS) is 10.7. The highest BCUT2D eigenvalue weighted by Gasteiger charge is 2.12. The molecule has 20 heavy (non-hydrogen) atoms. The van der Waals surface area contributed by atoms with Crippen LogP contribution in [0.5, 0.6) is 0 Å². The van der Waals surface area contributed by atoms with E-state index in [4.69, 9.17) is 10.3 Å². The minimum absolute atomic E-state index is 0.412. The van der Waals surface area contributed by atoms with Crippen LogP contribution in [0.3, 0.4) is 0 Å². The molecule has 0 saturated carbocycles. The number of anilines is 1. The third-order valence-corrected chi connectivity index (χ3v) is 3.27. The standard InChI is InChI=1S/C14H11BrN4O/c15-9-4-5-12(16)11(7-9)14-18-13(19-20-14)8-10-3-1-2-6-17-10/h1-7H,8,16H2. The smallest absolute Gasteiger partial charge is 0.260 e. The average molecular weight is 331 g/mol. The zero-order valence-electron chi connectivity index (χ0n) is 10.5. The van der Waals surface area contributed by atoms with Gasteiger partial charge in [0.15, 0.2) is 5.82 Å². The summed E-state index contributed by atoms with van der Waals surface area (Å²) in [7, 11) is 0. The second-order valence-corrected chi connectivity index (χ2v) is 5.16. The molecule has 0 saturated heterocycles. The molecule has 1 aromatic carbocycles. The van der Waals surface area contributed by atoms with E-state index in [2.05, 4.69) is 31.1 Å². The van der Waals surface area contributed by atoms with E-state index in [1.165, 1.54) is 0 Å². The van der Waals surface area contributed by atoms with Crippen molar-refractivity contribution in [2.45, 2.75) is 6.42 Å². The molecule has 2 aromatic heterocycles. The number of aromatic nitrogens is 3. The molecule has 0 aliphatic rings. The molecule has 3 aromatic rings. The second kappa shape index (κ2) is 5.42. The molecule has 0 radical (unpaired) electrons. The Kier molecular flexibility index (Phi) is 3.47. The van der Waals surface area contributed by atoms with E-state index in [1.54, 1.807) is 12.3 Å². The predicted molar refractivity (Wildman–Crippen MR) is 78.9 cm³/mol. The Morgan fingerprint density at radius 2 is 2.10 bits per heavy atom. The number of pyridine rings is 1. The summed E-state index contributed by atoms with van der Waals surface area (Å²) < 4.78 is 6.18. The molecule has 0 fully saturated rings. The van der Waals surface area contributed by atoms with E-state index in [-0.39, 0.29) is 0 Å². The summed E-state index contributed by atoms with van der Waals surface area (Å²) in [5.74, 6) is 0.993.